The van der Waals surface area contributed by atoms with Crippen molar-refractivity contribution in [3.8, 4) is 5.75 Å². The molecule has 0 saturated heterocycles. The van der Waals surface area contributed by atoms with E-state index < -0.39 is 0 Å². The predicted octanol–water partition coefficient (Wildman–Crippen LogP) is 1.82. The van der Waals surface area contributed by atoms with Crippen LogP contribution in [0.15, 0.2) is 29.2 Å². The minimum absolute atomic E-state index is 0.251. The van der Waals surface area contributed by atoms with E-state index in [4.69, 9.17) is 4.74 Å². The average Bonchev–Trinajstić information content (AvgIpc) is 2.48. The summed E-state index contributed by atoms with van der Waals surface area (Å²) in [5.74, 6) is 0.474. The van der Waals surface area contributed by atoms with Gasteiger partial charge in [0.05, 0.1) is 0 Å². The molecule has 0 unspecified atom stereocenters. The normalized spacial score (nSPS) is 10.2. The Balaban J connectivity index is 2.51. The third-order valence-corrected chi connectivity index (χ3v) is 3.68. The summed E-state index contributed by atoms with van der Waals surface area (Å²) < 4.78 is 6.36. The van der Waals surface area contributed by atoms with Crippen molar-refractivity contribution in [2.45, 2.75) is 6.92 Å². The number of carbonyl (C=O) groups is 1. The van der Waals surface area contributed by atoms with Crippen LogP contribution in [0.2, 0.25) is 0 Å². The quantitative estimate of drug-likeness (QED) is 0.560. The molecular weight excluding hydrogens is 231 g/mol. The molecule has 1 aromatic heterocycles. The summed E-state index contributed by atoms with van der Waals surface area (Å²) in [5.41, 5.74) is 0. The van der Waals surface area contributed by atoms with E-state index in [1.165, 1.54) is 11.2 Å². The summed E-state index contributed by atoms with van der Waals surface area (Å²) in [6, 6.07) is 8.02. The Morgan fingerprint density at radius 1 is 1.38 bits per heavy atom. The molecule has 0 radical (unpaired) electrons. The molecule has 2 rings (SSSR count). The Morgan fingerprint density at radius 3 is 2.92 bits per heavy atom. The zero-order valence-electron chi connectivity index (χ0n) is 7.11. The van der Waals surface area contributed by atoms with Crippen molar-refractivity contribution >= 4 is 30.1 Å². The SMILES string of the molecule is CC(=O)Oc1c[se]c2ccccc12. The van der Waals surface area contributed by atoms with Crippen molar-refractivity contribution in [2.75, 3.05) is 0 Å². The number of rotatable bonds is 1. The molecule has 0 bridgehead atoms. The average molecular weight is 239 g/mol. The van der Waals surface area contributed by atoms with Gasteiger partial charge in [-0.25, -0.2) is 0 Å². The van der Waals surface area contributed by atoms with E-state index >= 15 is 0 Å². The van der Waals surface area contributed by atoms with Gasteiger partial charge in [0.1, 0.15) is 0 Å². The summed E-state index contributed by atoms with van der Waals surface area (Å²) in [6.07, 6.45) is 0. The van der Waals surface area contributed by atoms with Crippen LogP contribution in [0, 0.1) is 0 Å². The van der Waals surface area contributed by atoms with Crippen LogP contribution >= 0.6 is 0 Å². The molecule has 66 valence electrons. The van der Waals surface area contributed by atoms with E-state index in [9.17, 15) is 4.79 Å². The molecule has 13 heavy (non-hydrogen) atoms. The van der Waals surface area contributed by atoms with Gasteiger partial charge in [-0.3, -0.25) is 0 Å². The molecule has 1 heterocycles. The number of esters is 1. The van der Waals surface area contributed by atoms with Gasteiger partial charge in [-0.05, 0) is 0 Å². The molecule has 0 aliphatic carbocycles. The fraction of sp³-hybridized carbons (Fsp3) is 0.100. The fourth-order valence-electron chi connectivity index (χ4n) is 1.19. The van der Waals surface area contributed by atoms with Crippen LogP contribution in [0.1, 0.15) is 6.92 Å². The maximum atomic E-state index is 10.8. The van der Waals surface area contributed by atoms with E-state index in [-0.39, 0.29) is 5.97 Å². The molecule has 0 spiro atoms. The van der Waals surface area contributed by atoms with Crippen molar-refractivity contribution in [3.05, 3.63) is 29.2 Å². The van der Waals surface area contributed by atoms with E-state index in [1.54, 1.807) is 0 Å². The molecule has 0 atom stereocenters. The molecule has 0 fully saturated rings. The number of ether oxygens (including phenoxy) is 1. The summed E-state index contributed by atoms with van der Waals surface area (Å²) >= 11 is 0.321. The van der Waals surface area contributed by atoms with Crippen LogP contribution < -0.4 is 4.74 Å². The Kier molecular flexibility index (Phi) is 2.21. The second kappa shape index (κ2) is 3.36. The van der Waals surface area contributed by atoms with Gasteiger partial charge in [-0.15, -0.1) is 0 Å². The Labute approximate surface area is 81.9 Å². The van der Waals surface area contributed by atoms with Crippen molar-refractivity contribution in [1.29, 1.82) is 0 Å². The molecule has 0 aliphatic heterocycles. The summed E-state index contributed by atoms with van der Waals surface area (Å²) in [6.45, 7) is 1.43. The Bertz CT molecular complexity index is 445. The Hall–Kier alpha value is -1.05. The Morgan fingerprint density at radius 2 is 2.15 bits per heavy atom. The predicted molar refractivity (Wildman–Crippen MR) is 52.2 cm³/mol. The second-order valence-electron chi connectivity index (χ2n) is 2.69. The van der Waals surface area contributed by atoms with Gasteiger partial charge in [-0.2, -0.15) is 0 Å². The van der Waals surface area contributed by atoms with Crippen LogP contribution in [0.3, 0.4) is 0 Å². The van der Waals surface area contributed by atoms with Gasteiger partial charge >= 0.3 is 81.5 Å². The molecule has 0 N–H and O–H groups in total. The van der Waals surface area contributed by atoms with E-state index in [0.717, 1.165) is 11.1 Å². The van der Waals surface area contributed by atoms with Gasteiger partial charge in [-0.1, -0.05) is 0 Å². The van der Waals surface area contributed by atoms with E-state index in [0.29, 0.717) is 14.5 Å². The van der Waals surface area contributed by atoms with Crippen LogP contribution in [0.5, 0.6) is 5.75 Å². The first kappa shape index (κ1) is 8.54. The first-order valence-electron chi connectivity index (χ1n) is 3.92. The molecule has 3 heteroatoms. The fourth-order valence-corrected chi connectivity index (χ4v) is 3.00. The molecule has 2 nitrogen and oxygen atoms in total. The number of hydrogen-bond acceptors (Lipinski definition) is 2. The van der Waals surface area contributed by atoms with Gasteiger partial charge in [0.15, 0.2) is 0 Å². The number of benzene rings is 1. The van der Waals surface area contributed by atoms with Crippen LogP contribution in [0.4, 0.5) is 0 Å². The minimum atomic E-state index is -0.251. The second-order valence-corrected chi connectivity index (χ2v) is 4.60. The van der Waals surface area contributed by atoms with Gasteiger partial charge in [0.2, 0.25) is 0 Å². The number of fused-ring (bicyclic) bond motifs is 1. The summed E-state index contributed by atoms with van der Waals surface area (Å²) in [7, 11) is 0. The third kappa shape index (κ3) is 1.67. The summed E-state index contributed by atoms with van der Waals surface area (Å²) in [5, 5.41) is 1.07. The van der Waals surface area contributed by atoms with E-state index in [2.05, 4.69) is 6.07 Å². The van der Waals surface area contributed by atoms with Gasteiger partial charge in [0.25, 0.3) is 0 Å². The topological polar surface area (TPSA) is 26.3 Å². The molecular formula is C10H8O2Se. The van der Waals surface area contributed by atoms with Gasteiger partial charge in [0, 0.05) is 0 Å². The number of hydrogen-bond donors (Lipinski definition) is 0. The first-order valence-corrected chi connectivity index (χ1v) is 5.76. The van der Waals surface area contributed by atoms with Crippen molar-refractivity contribution in [3.63, 3.8) is 0 Å². The van der Waals surface area contributed by atoms with Gasteiger partial charge < -0.3 is 0 Å². The third-order valence-electron chi connectivity index (χ3n) is 1.70. The molecule has 0 amide bonds. The summed E-state index contributed by atoms with van der Waals surface area (Å²) in [4.78, 5) is 12.8. The zero-order chi connectivity index (χ0) is 9.26. The van der Waals surface area contributed by atoms with Crippen molar-refractivity contribution < 1.29 is 9.53 Å². The van der Waals surface area contributed by atoms with Crippen molar-refractivity contribution in [1.82, 2.24) is 0 Å². The maximum absolute atomic E-state index is 10.8. The van der Waals surface area contributed by atoms with Crippen molar-refractivity contribution in [2.24, 2.45) is 0 Å². The molecule has 1 aromatic carbocycles. The van der Waals surface area contributed by atoms with E-state index in [1.807, 2.05) is 23.1 Å². The standard InChI is InChI=1S/C10H8O2Se/c1-7(11)12-9-6-13-10-5-3-2-4-8(9)10/h2-6H,1H3. The monoisotopic (exact) mass is 240 g/mol. The van der Waals surface area contributed by atoms with Crippen LogP contribution in [0.25, 0.3) is 9.65 Å². The molecule has 2 aromatic rings. The number of carbonyl (C=O) groups excluding carboxylic acids is 1. The zero-order valence-corrected chi connectivity index (χ0v) is 8.82. The molecule has 0 saturated carbocycles. The van der Waals surface area contributed by atoms with Crippen LogP contribution in [-0.2, 0) is 4.79 Å². The first-order chi connectivity index (χ1) is 6.27. The van der Waals surface area contributed by atoms with Crippen LogP contribution in [-0.4, -0.2) is 20.5 Å². The molecule has 0 aliphatic rings.